The van der Waals surface area contributed by atoms with Crippen LogP contribution in [0, 0.1) is 0 Å². The highest BCUT2D eigenvalue weighted by molar-refractivity contribution is 4.25. The third kappa shape index (κ3) is 0.680. The monoisotopic (exact) mass is 89.0 g/mol. The number of hydrogen-bond acceptors (Lipinski definition) is 3. The SMILES string of the molecule is CN1OCCO1. The minimum atomic E-state index is 0.691. The van der Waals surface area contributed by atoms with E-state index in [1.807, 2.05) is 0 Å². The van der Waals surface area contributed by atoms with Gasteiger partial charge in [0, 0.05) is 7.05 Å². The highest BCUT2D eigenvalue weighted by Gasteiger charge is 2.04. The molecule has 0 saturated carbocycles. The molecule has 1 heterocycles. The van der Waals surface area contributed by atoms with Crippen molar-refractivity contribution < 1.29 is 9.68 Å². The molecule has 36 valence electrons. The third-order valence-electron chi connectivity index (χ3n) is 0.630. The average Bonchev–Trinajstić information content (AvgIpc) is 1.86. The van der Waals surface area contributed by atoms with Crippen LogP contribution >= 0.6 is 0 Å². The maximum absolute atomic E-state index is 4.76. The van der Waals surface area contributed by atoms with Gasteiger partial charge in [0.05, 0.1) is 13.2 Å². The van der Waals surface area contributed by atoms with Crippen LogP contribution in [0.2, 0.25) is 0 Å². The normalized spacial score (nSPS) is 25.5. The summed E-state index contributed by atoms with van der Waals surface area (Å²) >= 11 is 0. The molecule has 0 spiro atoms. The number of hydrogen-bond donors (Lipinski definition) is 0. The molecule has 1 aliphatic heterocycles. The van der Waals surface area contributed by atoms with Crippen LogP contribution in [0.15, 0.2) is 0 Å². The largest absolute Gasteiger partial charge is 0.272 e. The van der Waals surface area contributed by atoms with E-state index < -0.39 is 0 Å². The second-order valence-electron chi connectivity index (χ2n) is 1.11. The Labute approximate surface area is 36.4 Å². The van der Waals surface area contributed by atoms with E-state index in [2.05, 4.69) is 0 Å². The summed E-state index contributed by atoms with van der Waals surface area (Å²) in [6.07, 6.45) is 0. The maximum atomic E-state index is 4.76. The highest BCUT2D eigenvalue weighted by Crippen LogP contribution is 1.94. The summed E-state index contributed by atoms with van der Waals surface area (Å²) in [5.74, 6) is 0. The fourth-order valence-corrected chi connectivity index (χ4v) is 0.369. The lowest BCUT2D eigenvalue weighted by atomic mass is 10.8. The second-order valence-corrected chi connectivity index (χ2v) is 1.11. The van der Waals surface area contributed by atoms with Crippen molar-refractivity contribution in [2.75, 3.05) is 20.3 Å². The summed E-state index contributed by atoms with van der Waals surface area (Å²) in [6.45, 7) is 1.38. The summed E-state index contributed by atoms with van der Waals surface area (Å²) < 4.78 is 0. The molecule has 0 bridgehead atoms. The fourth-order valence-electron chi connectivity index (χ4n) is 0.369. The Morgan fingerprint density at radius 2 is 1.83 bits per heavy atom. The molecule has 1 aliphatic rings. The first-order valence-electron chi connectivity index (χ1n) is 1.89. The zero-order valence-electron chi connectivity index (χ0n) is 3.68. The molecule has 6 heavy (non-hydrogen) atoms. The molecular formula is C3H7NO2. The van der Waals surface area contributed by atoms with Crippen LogP contribution < -0.4 is 0 Å². The lowest BCUT2D eigenvalue weighted by Gasteiger charge is -1.99. The lowest BCUT2D eigenvalue weighted by molar-refractivity contribution is -0.279. The third-order valence-corrected chi connectivity index (χ3v) is 0.630. The Balaban J connectivity index is 2.18. The molecule has 0 aromatic heterocycles. The van der Waals surface area contributed by atoms with Gasteiger partial charge in [-0.3, -0.25) is 9.68 Å². The van der Waals surface area contributed by atoms with Crippen LogP contribution in [-0.4, -0.2) is 25.5 Å². The molecule has 3 nitrogen and oxygen atoms in total. The van der Waals surface area contributed by atoms with E-state index in [0.29, 0.717) is 13.2 Å². The first-order valence-corrected chi connectivity index (χ1v) is 1.89. The van der Waals surface area contributed by atoms with Gasteiger partial charge < -0.3 is 0 Å². The van der Waals surface area contributed by atoms with Crippen LogP contribution in [0.4, 0.5) is 0 Å². The van der Waals surface area contributed by atoms with Crippen LogP contribution in [0.25, 0.3) is 0 Å². The molecule has 0 N–H and O–H groups in total. The Morgan fingerprint density at radius 3 is 2.00 bits per heavy atom. The van der Waals surface area contributed by atoms with E-state index in [9.17, 15) is 0 Å². The second kappa shape index (κ2) is 1.55. The van der Waals surface area contributed by atoms with Crippen LogP contribution in [0.1, 0.15) is 0 Å². The Kier molecular flexibility index (Phi) is 1.05. The molecule has 0 unspecified atom stereocenters. The van der Waals surface area contributed by atoms with Crippen LogP contribution in [0.3, 0.4) is 0 Å². The van der Waals surface area contributed by atoms with Gasteiger partial charge in [0.25, 0.3) is 0 Å². The molecule has 0 amide bonds. The van der Waals surface area contributed by atoms with Crippen molar-refractivity contribution in [3.05, 3.63) is 0 Å². The van der Waals surface area contributed by atoms with Gasteiger partial charge in [-0.05, 0) is 0 Å². The molecule has 0 atom stereocenters. The summed E-state index contributed by atoms with van der Waals surface area (Å²) in [5.41, 5.74) is 0. The van der Waals surface area contributed by atoms with Crippen LogP contribution in [0.5, 0.6) is 0 Å². The minimum absolute atomic E-state index is 0.691. The predicted octanol–water partition coefficient (Wildman–Crippen LogP) is -0.205. The zero-order valence-corrected chi connectivity index (χ0v) is 3.68. The van der Waals surface area contributed by atoms with E-state index in [1.54, 1.807) is 7.05 Å². The predicted molar refractivity (Wildman–Crippen MR) is 19.7 cm³/mol. The van der Waals surface area contributed by atoms with E-state index >= 15 is 0 Å². The molecule has 0 aromatic rings. The maximum Gasteiger partial charge on any atom is 0.0966 e. The van der Waals surface area contributed by atoms with E-state index in [0.717, 1.165) is 0 Å². The van der Waals surface area contributed by atoms with Crippen molar-refractivity contribution in [1.29, 1.82) is 0 Å². The molecular weight excluding hydrogens is 82.0 g/mol. The minimum Gasteiger partial charge on any atom is -0.272 e. The summed E-state index contributed by atoms with van der Waals surface area (Å²) in [5, 5.41) is 1.36. The number of nitrogens with zero attached hydrogens (tertiary/aromatic N) is 1. The van der Waals surface area contributed by atoms with Gasteiger partial charge in [-0.25, -0.2) is 0 Å². The van der Waals surface area contributed by atoms with E-state index in [1.165, 1.54) is 5.23 Å². The number of hydroxylamine groups is 2. The Morgan fingerprint density at radius 1 is 1.33 bits per heavy atom. The van der Waals surface area contributed by atoms with Gasteiger partial charge in [-0.1, -0.05) is 5.23 Å². The summed E-state index contributed by atoms with van der Waals surface area (Å²) in [6, 6.07) is 0. The first-order chi connectivity index (χ1) is 2.89. The Hall–Kier alpha value is -0.120. The average molecular weight is 89.1 g/mol. The smallest absolute Gasteiger partial charge is 0.0966 e. The molecule has 0 radical (unpaired) electrons. The van der Waals surface area contributed by atoms with Gasteiger partial charge in [-0.2, -0.15) is 0 Å². The highest BCUT2D eigenvalue weighted by atomic mass is 17.0. The van der Waals surface area contributed by atoms with E-state index in [-0.39, 0.29) is 0 Å². The van der Waals surface area contributed by atoms with Crippen molar-refractivity contribution in [2.45, 2.75) is 0 Å². The van der Waals surface area contributed by atoms with Gasteiger partial charge in [-0.15, -0.1) is 0 Å². The van der Waals surface area contributed by atoms with Gasteiger partial charge in [0.1, 0.15) is 0 Å². The van der Waals surface area contributed by atoms with E-state index in [4.69, 9.17) is 9.68 Å². The fraction of sp³-hybridized carbons (Fsp3) is 1.00. The quantitative estimate of drug-likeness (QED) is 0.410. The van der Waals surface area contributed by atoms with Gasteiger partial charge >= 0.3 is 0 Å². The van der Waals surface area contributed by atoms with Gasteiger partial charge in [0.2, 0.25) is 0 Å². The molecule has 1 saturated heterocycles. The topological polar surface area (TPSA) is 21.7 Å². The summed E-state index contributed by atoms with van der Waals surface area (Å²) in [7, 11) is 1.73. The van der Waals surface area contributed by atoms with Crippen molar-refractivity contribution in [2.24, 2.45) is 0 Å². The van der Waals surface area contributed by atoms with Crippen molar-refractivity contribution >= 4 is 0 Å². The molecule has 1 fully saturated rings. The van der Waals surface area contributed by atoms with Crippen LogP contribution in [-0.2, 0) is 9.68 Å². The van der Waals surface area contributed by atoms with Crippen molar-refractivity contribution in [1.82, 2.24) is 5.23 Å². The lowest BCUT2D eigenvalue weighted by Crippen LogP contribution is -2.07. The summed E-state index contributed by atoms with van der Waals surface area (Å²) in [4.78, 5) is 9.53. The Bertz CT molecular complexity index is 42.1. The van der Waals surface area contributed by atoms with Crippen molar-refractivity contribution in [3.8, 4) is 0 Å². The van der Waals surface area contributed by atoms with Gasteiger partial charge in [0.15, 0.2) is 0 Å². The zero-order chi connectivity index (χ0) is 4.41. The molecule has 0 aromatic carbocycles. The van der Waals surface area contributed by atoms with Crippen molar-refractivity contribution in [3.63, 3.8) is 0 Å². The molecule has 3 heteroatoms. The number of rotatable bonds is 0. The molecule has 0 aliphatic carbocycles. The standard InChI is InChI=1S/C3H7NO2/c1-4-5-2-3-6-4/h2-3H2,1H3. The molecule has 1 rings (SSSR count). The first kappa shape index (κ1) is 4.05.